The van der Waals surface area contributed by atoms with Crippen LogP contribution < -0.4 is 14.9 Å². The van der Waals surface area contributed by atoms with E-state index in [0.717, 1.165) is 0 Å². The first-order chi connectivity index (χ1) is 15.5. The zero-order valence-electron chi connectivity index (χ0n) is 20.3. The summed E-state index contributed by atoms with van der Waals surface area (Å²) in [7, 11) is 1.39. The van der Waals surface area contributed by atoms with Gasteiger partial charge in [-0.05, 0) is 39.3 Å². The van der Waals surface area contributed by atoms with Crippen molar-refractivity contribution < 1.29 is 28.9 Å². The molecule has 0 saturated heterocycles. The van der Waals surface area contributed by atoms with E-state index in [9.17, 15) is 19.8 Å². The zero-order chi connectivity index (χ0) is 24.7. The molecule has 178 valence electrons. The van der Waals surface area contributed by atoms with Crippen LogP contribution in [0.1, 0.15) is 79.4 Å². The minimum Gasteiger partial charge on any atom is -0.507 e. The largest absolute Gasteiger partial charge is 0.507 e. The number of methoxy groups -OCH3 is 1. The van der Waals surface area contributed by atoms with Gasteiger partial charge in [-0.2, -0.15) is 0 Å². The minimum atomic E-state index is -0.727. The molecule has 7 nitrogen and oxygen atoms in total. The van der Waals surface area contributed by atoms with Crippen molar-refractivity contribution in [3.63, 3.8) is 0 Å². The quantitative estimate of drug-likeness (QED) is 0.569. The SMILES string of the molecule is CCc1oc(OC)c(Cc2c(O)c3c(c(C(=O)[C@@H](C)CC)c2O)OC(C)(C)C=C3)c(=O)c1C. The van der Waals surface area contributed by atoms with Gasteiger partial charge < -0.3 is 24.1 Å². The number of carbonyl (C=O) groups excluding carboxylic acids is 1. The number of aromatic hydroxyl groups is 2. The van der Waals surface area contributed by atoms with E-state index in [1.54, 1.807) is 26.0 Å². The molecule has 2 N–H and O–H groups in total. The molecular formula is C26H32O7. The van der Waals surface area contributed by atoms with Crippen LogP contribution in [0.25, 0.3) is 6.08 Å². The summed E-state index contributed by atoms with van der Waals surface area (Å²) < 4.78 is 17.1. The number of ketones is 1. The lowest BCUT2D eigenvalue weighted by Crippen LogP contribution is -2.29. The van der Waals surface area contributed by atoms with E-state index in [-0.39, 0.29) is 57.7 Å². The fourth-order valence-electron chi connectivity index (χ4n) is 3.97. The molecule has 1 aliphatic rings. The fourth-order valence-corrected chi connectivity index (χ4v) is 3.97. The Morgan fingerprint density at radius 1 is 1.18 bits per heavy atom. The van der Waals surface area contributed by atoms with Crippen molar-refractivity contribution >= 4 is 11.9 Å². The number of Topliss-reactive ketones (excluding diaryl/α,β-unsaturated/α-hetero) is 1. The highest BCUT2D eigenvalue weighted by atomic mass is 16.6. The summed E-state index contributed by atoms with van der Waals surface area (Å²) in [6, 6.07) is 0. The van der Waals surface area contributed by atoms with E-state index >= 15 is 0 Å². The lowest BCUT2D eigenvalue weighted by Gasteiger charge is -2.31. The minimum absolute atomic E-state index is 0.00910. The molecule has 7 heteroatoms. The van der Waals surface area contributed by atoms with Crippen LogP contribution in [0.3, 0.4) is 0 Å². The number of benzene rings is 1. The molecule has 3 rings (SSSR count). The third kappa shape index (κ3) is 4.24. The first-order valence-corrected chi connectivity index (χ1v) is 11.2. The van der Waals surface area contributed by atoms with Crippen LogP contribution in [0, 0.1) is 12.8 Å². The van der Waals surface area contributed by atoms with E-state index in [0.29, 0.717) is 29.7 Å². The highest BCUT2D eigenvalue weighted by molar-refractivity contribution is 6.05. The fraction of sp³-hybridized carbons (Fsp3) is 0.462. The number of phenolic OH excluding ortho intramolecular Hbond substituents is 2. The third-order valence-electron chi connectivity index (χ3n) is 6.21. The van der Waals surface area contributed by atoms with Gasteiger partial charge in [0.05, 0.1) is 18.2 Å². The molecule has 33 heavy (non-hydrogen) atoms. The Morgan fingerprint density at radius 2 is 1.85 bits per heavy atom. The summed E-state index contributed by atoms with van der Waals surface area (Å²) in [4.78, 5) is 26.4. The molecule has 0 saturated carbocycles. The van der Waals surface area contributed by atoms with Gasteiger partial charge in [-0.25, -0.2) is 0 Å². The predicted octanol–water partition coefficient (Wildman–Crippen LogP) is 4.93. The van der Waals surface area contributed by atoms with Crippen LogP contribution in [-0.4, -0.2) is 28.7 Å². The molecule has 2 heterocycles. The van der Waals surface area contributed by atoms with E-state index in [1.165, 1.54) is 7.11 Å². The van der Waals surface area contributed by atoms with E-state index < -0.39 is 11.4 Å². The number of hydrogen-bond acceptors (Lipinski definition) is 7. The highest BCUT2D eigenvalue weighted by Gasteiger charge is 2.35. The number of carbonyl (C=O) groups is 1. The maximum atomic E-state index is 13.3. The maximum absolute atomic E-state index is 13.3. The van der Waals surface area contributed by atoms with Crippen LogP contribution in [0.15, 0.2) is 15.3 Å². The Bertz CT molecular complexity index is 1180. The van der Waals surface area contributed by atoms with Crippen molar-refractivity contribution in [1.82, 2.24) is 0 Å². The number of fused-ring (bicyclic) bond motifs is 1. The summed E-state index contributed by atoms with van der Waals surface area (Å²) in [5, 5.41) is 22.3. The van der Waals surface area contributed by atoms with E-state index in [2.05, 4.69) is 0 Å². The topological polar surface area (TPSA) is 106 Å². The Hall–Kier alpha value is -3.22. The van der Waals surface area contributed by atoms with Gasteiger partial charge in [-0.3, -0.25) is 9.59 Å². The summed E-state index contributed by atoms with van der Waals surface area (Å²) in [6.07, 6.45) is 4.34. The number of phenols is 2. The van der Waals surface area contributed by atoms with Gasteiger partial charge in [0.1, 0.15) is 34.2 Å². The molecular weight excluding hydrogens is 424 g/mol. The van der Waals surface area contributed by atoms with Gasteiger partial charge in [0.2, 0.25) is 0 Å². The van der Waals surface area contributed by atoms with Crippen molar-refractivity contribution in [1.29, 1.82) is 0 Å². The average Bonchev–Trinajstić information content (AvgIpc) is 2.77. The highest BCUT2D eigenvalue weighted by Crippen LogP contribution is 2.48. The Kier molecular flexibility index (Phi) is 6.63. The number of hydrogen-bond donors (Lipinski definition) is 2. The van der Waals surface area contributed by atoms with Crippen LogP contribution in [0.2, 0.25) is 0 Å². The van der Waals surface area contributed by atoms with Crippen molar-refractivity contribution in [3.05, 3.63) is 49.9 Å². The van der Waals surface area contributed by atoms with E-state index in [1.807, 2.05) is 27.7 Å². The molecule has 0 radical (unpaired) electrons. The van der Waals surface area contributed by atoms with Gasteiger partial charge in [0.25, 0.3) is 5.95 Å². The van der Waals surface area contributed by atoms with Gasteiger partial charge in [-0.15, -0.1) is 0 Å². The Labute approximate surface area is 193 Å². The van der Waals surface area contributed by atoms with Crippen LogP contribution in [0.5, 0.6) is 23.2 Å². The number of rotatable bonds is 7. The van der Waals surface area contributed by atoms with Crippen molar-refractivity contribution in [2.24, 2.45) is 5.92 Å². The van der Waals surface area contributed by atoms with Gasteiger partial charge in [-0.1, -0.05) is 20.8 Å². The van der Waals surface area contributed by atoms with Crippen molar-refractivity contribution in [3.8, 4) is 23.2 Å². The molecule has 0 aliphatic carbocycles. The summed E-state index contributed by atoms with van der Waals surface area (Å²) in [6.45, 7) is 10.8. The molecule has 0 spiro atoms. The monoisotopic (exact) mass is 456 g/mol. The molecule has 2 aromatic rings. The average molecular weight is 457 g/mol. The Morgan fingerprint density at radius 3 is 2.42 bits per heavy atom. The summed E-state index contributed by atoms with van der Waals surface area (Å²) in [5.74, 6) is -0.666. The molecule has 0 bridgehead atoms. The molecule has 1 aromatic carbocycles. The second-order valence-corrected chi connectivity index (χ2v) is 8.99. The summed E-state index contributed by atoms with van der Waals surface area (Å²) >= 11 is 0. The first-order valence-electron chi connectivity index (χ1n) is 11.2. The predicted molar refractivity (Wildman–Crippen MR) is 126 cm³/mol. The lowest BCUT2D eigenvalue weighted by molar-refractivity contribution is 0.0910. The number of ether oxygens (including phenoxy) is 2. The molecule has 0 amide bonds. The third-order valence-corrected chi connectivity index (χ3v) is 6.21. The zero-order valence-corrected chi connectivity index (χ0v) is 20.3. The van der Waals surface area contributed by atoms with Crippen molar-refractivity contribution in [2.75, 3.05) is 7.11 Å². The standard InChI is InChI=1S/C26H32O7/c1-8-13(3)20(27)19-23(30)16(22(29)15-10-11-26(5,6)33-24(15)19)12-17-21(28)14(4)18(9-2)32-25(17)31-7/h10-11,13,29-30H,8-9,12H2,1-7H3/t13-/m0/s1. The van der Waals surface area contributed by atoms with Gasteiger partial charge >= 0.3 is 0 Å². The molecule has 1 aliphatic heterocycles. The smallest absolute Gasteiger partial charge is 0.291 e. The molecule has 0 unspecified atom stereocenters. The maximum Gasteiger partial charge on any atom is 0.291 e. The van der Waals surface area contributed by atoms with Crippen molar-refractivity contribution in [2.45, 2.75) is 66.4 Å². The normalized spacial score (nSPS) is 15.0. The Balaban J connectivity index is 2.30. The molecule has 0 fully saturated rings. The van der Waals surface area contributed by atoms with E-state index in [4.69, 9.17) is 13.9 Å². The lowest BCUT2D eigenvalue weighted by atomic mass is 9.87. The molecule has 1 atom stereocenters. The van der Waals surface area contributed by atoms with Crippen LogP contribution in [-0.2, 0) is 12.8 Å². The molecule has 1 aromatic heterocycles. The van der Waals surface area contributed by atoms with Gasteiger partial charge in [0.15, 0.2) is 11.2 Å². The second-order valence-electron chi connectivity index (χ2n) is 8.99. The van der Waals surface area contributed by atoms with Gasteiger partial charge in [0, 0.05) is 29.9 Å². The first kappa shape index (κ1) is 24.4. The second kappa shape index (κ2) is 8.96. The summed E-state index contributed by atoms with van der Waals surface area (Å²) in [5.41, 5.74) is -0.0903. The van der Waals surface area contributed by atoms with Crippen LogP contribution >= 0.6 is 0 Å². The number of aryl methyl sites for hydroxylation is 1. The van der Waals surface area contributed by atoms with Crippen LogP contribution in [0.4, 0.5) is 0 Å².